The summed E-state index contributed by atoms with van der Waals surface area (Å²) in [5.74, 6) is 1.03. The minimum Gasteiger partial charge on any atom is -0.280 e. The Kier molecular flexibility index (Phi) is 3.45. The van der Waals surface area contributed by atoms with Crippen molar-refractivity contribution >= 4 is 5.84 Å². The Morgan fingerprint density at radius 3 is 2.44 bits per heavy atom. The van der Waals surface area contributed by atoms with Crippen molar-refractivity contribution in [1.29, 1.82) is 5.26 Å². The van der Waals surface area contributed by atoms with Crippen LogP contribution >= 0.6 is 0 Å². The Morgan fingerprint density at radius 2 is 2.33 bits per heavy atom. The molecule has 0 aliphatic carbocycles. The molecule has 0 amide bonds. The summed E-state index contributed by atoms with van der Waals surface area (Å²) in [5, 5.41) is 10.7. The average molecular weight is 127 g/mol. The molecule has 0 fully saturated rings. The predicted molar refractivity (Wildman–Crippen MR) is 39.1 cm³/mol. The Bertz CT molecular complexity index is 146. The van der Waals surface area contributed by atoms with Crippen LogP contribution in [0.3, 0.4) is 0 Å². The molecule has 0 aliphatic heterocycles. The minimum atomic E-state index is 0. The summed E-state index contributed by atoms with van der Waals surface area (Å²) in [6, 6.07) is 0. The smallest absolute Gasteiger partial charge is 0.182 e. The molecule has 9 heavy (non-hydrogen) atoms. The summed E-state index contributed by atoms with van der Waals surface area (Å²) in [6.45, 7) is 3.96. The summed E-state index contributed by atoms with van der Waals surface area (Å²) in [4.78, 5) is 3.86. The first-order valence-electron chi connectivity index (χ1n) is 2.84. The van der Waals surface area contributed by atoms with Crippen LogP contribution < -0.4 is 5.32 Å². The van der Waals surface area contributed by atoms with Crippen molar-refractivity contribution in [2.75, 3.05) is 7.05 Å². The molecule has 3 heteroatoms. The van der Waals surface area contributed by atoms with Crippen molar-refractivity contribution in [3.8, 4) is 6.19 Å². The summed E-state index contributed by atoms with van der Waals surface area (Å²) < 4.78 is 0. The molecule has 0 bridgehead atoms. The van der Waals surface area contributed by atoms with E-state index in [1.54, 1.807) is 7.05 Å². The van der Waals surface area contributed by atoms with Crippen LogP contribution in [0.25, 0.3) is 0 Å². The third-order valence-corrected chi connectivity index (χ3v) is 0.972. The van der Waals surface area contributed by atoms with Gasteiger partial charge in [0.05, 0.1) is 0 Å². The maximum absolute atomic E-state index is 8.17. The third kappa shape index (κ3) is 2.70. The maximum Gasteiger partial charge on any atom is 0.182 e. The number of amidine groups is 1. The zero-order valence-corrected chi connectivity index (χ0v) is 5.97. The molecule has 0 aromatic heterocycles. The van der Waals surface area contributed by atoms with Gasteiger partial charge in [-0.1, -0.05) is 13.8 Å². The number of hydrogen-bond donors (Lipinski definition) is 1. The first kappa shape index (κ1) is 7.96. The van der Waals surface area contributed by atoms with Crippen LogP contribution in [0, 0.1) is 17.4 Å². The lowest BCUT2D eigenvalue weighted by Gasteiger charge is -2.03. The molecule has 3 nitrogen and oxygen atoms in total. The number of nitriles is 1. The van der Waals surface area contributed by atoms with Crippen molar-refractivity contribution in [2.45, 2.75) is 13.8 Å². The Labute approximate surface area is 56.9 Å². The highest BCUT2D eigenvalue weighted by Crippen LogP contribution is 1.91. The van der Waals surface area contributed by atoms with E-state index in [0.717, 1.165) is 5.84 Å². The lowest BCUT2D eigenvalue weighted by Crippen LogP contribution is -2.23. The second-order valence-corrected chi connectivity index (χ2v) is 2.00. The van der Waals surface area contributed by atoms with Crippen molar-refractivity contribution in [1.82, 2.24) is 5.32 Å². The summed E-state index contributed by atoms with van der Waals surface area (Å²) in [7, 11) is 1.67. The second kappa shape index (κ2) is 3.90. The molecular weight excluding hydrogens is 114 g/mol. The van der Waals surface area contributed by atoms with Gasteiger partial charge in [0.2, 0.25) is 0 Å². The third-order valence-electron chi connectivity index (χ3n) is 0.972. The second-order valence-electron chi connectivity index (χ2n) is 2.00. The van der Waals surface area contributed by atoms with E-state index in [2.05, 4.69) is 10.3 Å². The van der Waals surface area contributed by atoms with E-state index in [0.29, 0.717) is 5.92 Å². The zero-order valence-electron chi connectivity index (χ0n) is 5.97. The van der Waals surface area contributed by atoms with Crippen LogP contribution in [0.15, 0.2) is 4.99 Å². The minimum absolute atomic E-state index is 0. The van der Waals surface area contributed by atoms with E-state index in [1.807, 2.05) is 20.0 Å². The van der Waals surface area contributed by atoms with E-state index in [-0.39, 0.29) is 1.43 Å². The average Bonchev–Trinajstić information content (AvgIpc) is 1.82. The van der Waals surface area contributed by atoms with Crippen LogP contribution in [0.5, 0.6) is 0 Å². The molecule has 0 aliphatic rings. The van der Waals surface area contributed by atoms with Gasteiger partial charge in [0.1, 0.15) is 5.84 Å². The van der Waals surface area contributed by atoms with Gasteiger partial charge in [0.15, 0.2) is 6.19 Å². The standard InChI is InChI=1S/C6H11N3.H2/c1-5(2)6(8-3)9-4-7;/h5H,1-3H3,(H,8,9);1H. The summed E-state index contributed by atoms with van der Waals surface area (Å²) >= 11 is 0. The number of rotatable bonds is 1. The first-order valence-corrected chi connectivity index (χ1v) is 2.84. The van der Waals surface area contributed by atoms with Gasteiger partial charge in [-0.3, -0.25) is 10.3 Å². The molecule has 0 heterocycles. The maximum atomic E-state index is 8.17. The summed E-state index contributed by atoms with van der Waals surface area (Å²) in [6.07, 6.45) is 1.82. The van der Waals surface area contributed by atoms with Crippen LogP contribution in [-0.2, 0) is 0 Å². The fourth-order valence-electron chi connectivity index (χ4n) is 0.516. The van der Waals surface area contributed by atoms with Crippen LogP contribution in [0.2, 0.25) is 0 Å². The lowest BCUT2D eigenvalue weighted by molar-refractivity contribution is 0.847. The Hall–Kier alpha value is -1.04. The molecule has 0 aromatic rings. The zero-order chi connectivity index (χ0) is 7.28. The Morgan fingerprint density at radius 1 is 1.78 bits per heavy atom. The van der Waals surface area contributed by atoms with Gasteiger partial charge < -0.3 is 0 Å². The molecule has 0 saturated heterocycles. The molecule has 0 spiro atoms. The normalized spacial score (nSPS) is 11.2. The largest absolute Gasteiger partial charge is 0.280 e. The van der Waals surface area contributed by atoms with E-state index >= 15 is 0 Å². The number of hydrogen-bond acceptors (Lipinski definition) is 2. The Balaban J connectivity index is 0. The number of nitrogens with one attached hydrogen (secondary N) is 1. The van der Waals surface area contributed by atoms with Gasteiger partial charge in [-0.05, 0) is 0 Å². The quantitative estimate of drug-likeness (QED) is 0.247. The monoisotopic (exact) mass is 127 g/mol. The van der Waals surface area contributed by atoms with Crippen molar-refractivity contribution in [3.05, 3.63) is 0 Å². The fourth-order valence-corrected chi connectivity index (χ4v) is 0.516. The van der Waals surface area contributed by atoms with Gasteiger partial charge in [0.25, 0.3) is 0 Å². The van der Waals surface area contributed by atoms with Crippen LogP contribution in [0.4, 0.5) is 0 Å². The molecule has 0 rings (SSSR count). The highest BCUT2D eigenvalue weighted by Gasteiger charge is 2.00. The van der Waals surface area contributed by atoms with Gasteiger partial charge in [0, 0.05) is 14.4 Å². The summed E-state index contributed by atoms with van der Waals surface area (Å²) in [5.41, 5.74) is 0. The molecule has 0 aromatic carbocycles. The van der Waals surface area contributed by atoms with Gasteiger partial charge in [-0.2, -0.15) is 5.26 Å². The fraction of sp³-hybridized carbons (Fsp3) is 0.667. The molecule has 0 saturated carbocycles. The highest BCUT2D eigenvalue weighted by atomic mass is 15.0. The van der Waals surface area contributed by atoms with E-state index in [1.165, 1.54) is 0 Å². The molecule has 0 unspecified atom stereocenters. The van der Waals surface area contributed by atoms with E-state index < -0.39 is 0 Å². The molecule has 0 radical (unpaired) electrons. The molecule has 0 atom stereocenters. The van der Waals surface area contributed by atoms with Gasteiger partial charge in [-0.15, -0.1) is 0 Å². The predicted octanol–water partition coefficient (Wildman–Crippen LogP) is 0.987. The van der Waals surface area contributed by atoms with Crippen molar-refractivity contribution in [3.63, 3.8) is 0 Å². The lowest BCUT2D eigenvalue weighted by atomic mass is 10.2. The molecule has 52 valence electrons. The van der Waals surface area contributed by atoms with E-state index in [9.17, 15) is 0 Å². The highest BCUT2D eigenvalue weighted by molar-refractivity contribution is 5.84. The van der Waals surface area contributed by atoms with Crippen molar-refractivity contribution < 1.29 is 1.43 Å². The molecular formula is C6H13N3. The van der Waals surface area contributed by atoms with Crippen molar-refractivity contribution in [2.24, 2.45) is 10.9 Å². The van der Waals surface area contributed by atoms with Crippen LogP contribution in [-0.4, -0.2) is 12.9 Å². The van der Waals surface area contributed by atoms with Crippen LogP contribution in [0.1, 0.15) is 15.3 Å². The number of aliphatic imine (C=N–C) groups is 1. The van der Waals surface area contributed by atoms with Gasteiger partial charge in [-0.25, -0.2) is 0 Å². The van der Waals surface area contributed by atoms with E-state index in [4.69, 9.17) is 5.26 Å². The SMILES string of the molecule is CN=C(NC#N)C(C)C.[HH]. The first-order chi connectivity index (χ1) is 4.22. The number of nitrogens with zero attached hydrogens (tertiary/aromatic N) is 2. The topological polar surface area (TPSA) is 48.2 Å². The van der Waals surface area contributed by atoms with Gasteiger partial charge >= 0.3 is 0 Å². The molecule has 1 N–H and O–H groups in total.